The second-order valence-corrected chi connectivity index (χ2v) is 7.11. The van der Waals surface area contributed by atoms with Crippen molar-refractivity contribution in [3.8, 4) is 11.8 Å². The SMILES string of the molecule is N#Cc1ccccc1COc1ccc2ccccc2c1/C=N/NC(=O)c1ccc([N+](=O)[O-])cn1. The predicted molar refractivity (Wildman–Crippen MR) is 125 cm³/mol. The maximum Gasteiger partial charge on any atom is 0.289 e. The highest BCUT2D eigenvalue weighted by atomic mass is 16.6. The molecule has 3 aromatic carbocycles. The van der Waals surface area contributed by atoms with Crippen LogP contribution < -0.4 is 10.2 Å². The van der Waals surface area contributed by atoms with Crippen LogP contribution in [0.2, 0.25) is 0 Å². The molecule has 0 spiro atoms. The highest BCUT2D eigenvalue weighted by molar-refractivity contribution is 6.03. The highest BCUT2D eigenvalue weighted by Crippen LogP contribution is 2.27. The first-order valence-electron chi connectivity index (χ1n) is 10.1. The van der Waals surface area contributed by atoms with Gasteiger partial charge in [-0.15, -0.1) is 0 Å². The molecule has 4 aromatic rings. The number of pyridine rings is 1. The monoisotopic (exact) mass is 451 g/mol. The zero-order valence-corrected chi connectivity index (χ0v) is 17.7. The number of hydrogen-bond donors (Lipinski definition) is 1. The molecule has 0 atom stereocenters. The Morgan fingerprint density at radius 1 is 1.12 bits per heavy atom. The van der Waals surface area contributed by atoms with E-state index in [1.807, 2.05) is 42.5 Å². The number of nitrogens with one attached hydrogen (secondary N) is 1. The third-order valence-corrected chi connectivity index (χ3v) is 5.00. The Labute approximate surface area is 194 Å². The van der Waals surface area contributed by atoms with E-state index in [-0.39, 0.29) is 18.0 Å². The van der Waals surface area contributed by atoms with Gasteiger partial charge in [-0.2, -0.15) is 10.4 Å². The first-order chi connectivity index (χ1) is 16.6. The Morgan fingerprint density at radius 3 is 2.68 bits per heavy atom. The van der Waals surface area contributed by atoms with Crippen LogP contribution in [-0.2, 0) is 6.61 Å². The second kappa shape index (κ2) is 10.0. The van der Waals surface area contributed by atoms with E-state index >= 15 is 0 Å². The van der Waals surface area contributed by atoms with Crippen LogP contribution in [0.3, 0.4) is 0 Å². The number of amides is 1. The van der Waals surface area contributed by atoms with Gasteiger partial charge in [-0.3, -0.25) is 14.9 Å². The summed E-state index contributed by atoms with van der Waals surface area (Å²) >= 11 is 0. The number of nitriles is 1. The van der Waals surface area contributed by atoms with Crippen LogP contribution in [0, 0.1) is 21.4 Å². The molecule has 9 heteroatoms. The van der Waals surface area contributed by atoms with E-state index in [1.54, 1.807) is 18.2 Å². The topological polar surface area (TPSA) is 131 Å². The molecule has 0 aliphatic carbocycles. The molecule has 1 N–H and O–H groups in total. The largest absolute Gasteiger partial charge is 0.488 e. The Kier molecular flexibility index (Phi) is 6.51. The number of benzene rings is 3. The Hall–Kier alpha value is -5.10. The third-order valence-electron chi connectivity index (χ3n) is 5.00. The fourth-order valence-corrected chi connectivity index (χ4v) is 3.29. The van der Waals surface area contributed by atoms with Crippen molar-refractivity contribution >= 4 is 28.6 Å². The van der Waals surface area contributed by atoms with Crippen LogP contribution in [0.4, 0.5) is 5.69 Å². The summed E-state index contributed by atoms with van der Waals surface area (Å²) in [6, 6.07) is 23.1. The van der Waals surface area contributed by atoms with E-state index in [0.29, 0.717) is 16.9 Å². The van der Waals surface area contributed by atoms with E-state index in [9.17, 15) is 20.2 Å². The maximum atomic E-state index is 12.3. The van der Waals surface area contributed by atoms with Gasteiger partial charge < -0.3 is 4.74 Å². The van der Waals surface area contributed by atoms with E-state index in [2.05, 4.69) is 21.6 Å². The van der Waals surface area contributed by atoms with Gasteiger partial charge in [0.2, 0.25) is 0 Å². The Balaban J connectivity index is 1.57. The smallest absolute Gasteiger partial charge is 0.289 e. The van der Waals surface area contributed by atoms with Crippen molar-refractivity contribution in [3.05, 3.63) is 111 Å². The van der Waals surface area contributed by atoms with Crippen molar-refractivity contribution < 1.29 is 14.5 Å². The molecule has 4 rings (SSSR count). The molecule has 1 amide bonds. The number of rotatable bonds is 7. The van der Waals surface area contributed by atoms with Crippen molar-refractivity contribution in [2.75, 3.05) is 0 Å². The van der Waals surface area contributed by atoms with Gasteiger partial charge in [0.05, 0.1) is 22.8 Å². The lowest BCUT2D eigenvalue weighted by molar-refractivity contribution is -0.385. The fourth-order valence-electron chi connectivity index (χ4n) is 3.29. The molecular formula is C25H17N5O4. The summed E-state index contributed by atoms with van der Waals surface area (Å²) in [5, 5.41) is 25.9. The third kappa shape index (κ3) is 4.87. The van der Waals surface area contributed by atoms with Crippen LogP contribution in [0.1, 0.15) is 27.2 Å². The van der Waals surface area contributed by atoms with Crippen LogP contribution in [0.15, 0.2) is 84.1 Å². The van der Waals surface area contributed by atoms with Gasteiger partial charge in [-0.05, 0) is 29.0 Å². The van der Waals surface area contributed by atoms with Gasteiger partial charge in [0, 0.05) is 17.2 Å². The molecule has 0 aliphatic heterocycles. The lowest BCUT2D eigenvalue weighted by Gasteiger charge is -2.12. The Bertz CT molecular complexity index is 1440. The van der Waals surface area contributed by atoms with Gasteiger partial charge in [0.1, 0.15) is 24.2 Å². The second-order valence-electron chi connectivity index (χ2n) is 7.11. The van der Waals surface area contributed by atoms with Gasteiger partial charge in [-0.1, -0.05) is 48.5 Å². The van der Waals surface area contributed by atoms with Crippen molar-refractivity contribution in [1.82, 2.24) is 10.4 Å². The van der Waals surface area contributed by atoms with Crippen molar-refractivity contribution in [2.24, 2.45) is 5.10 Å². The first-order valence-corrected chi connectivity index (χ1v) is 10.1. The summed E-state index contributed by atoms with van der Waals surface area (Å²) in [6.45, 7) is 0.183. The molecular weight excluding hydrogens is 434 g/mol. The number of carbonyl (C=O) groups excluding carboxylic acids is 1. The molecule has 1 heterocycles. The summed E-state index contributed by atoms with van der Waals surface area (Å²) in [6.07, 6.45) is 2.48. The number of aromatic nitrogens is 1. The zero-order valence-electron chi connectivity index (χ0n) is 17.7. The molecule has 0 radical (unpaired) electrons. The number of nitro groups is 1. The first kappa shape index (κ1) is 22.1. The fraction of sp³-hybridized carbons (Fsp3) is 0.0400. The number of ether oxygens (including phenoxy) is 1. The standard InChI is InChI=1S/C25H17N5O4/c26-13-18-6-1-2-7-19(18)16-34-24-12-9-17-5-3-4-8-21(17)22(24)15-28-29-25(31)23-11-10-20(14-27-23)30(32)33/h1-12,14-15H,16H2,(H,29,31)/b28-15+. The minimum Gasteiger partial charge on any atom is -0.488 e. The van der Waals surface area contributed by atoms with E-state index in [4.69, 9.17) is 4.74 Å². The minimum absolute atomic E-state index is 0.00902. The molecule has 0 unspecified atom stereocenters. The molecule has 0 fully saturated rings. The molecule has 1 aromatic heterocycles. The normalized spacial score (nSPS) is 10.7. The van der Waals surface area contributed by atoms with Crippen LogP contribution in [-0.4, -0.2) is 22.0 Å². The molecule has 166 valence electrons. The summed E-state index contributed by atoms with van der Waals surface area (Å²) in [4.78, 5) is 26.3. The molecule has 9 nitrogen and oxygen atoms in total. The summed E-state index contributed by atoms with van der Waals surface area (Å²) in [5.74, 6) is -0.0882. The summed E-state index contributed by atoms with van der Waals surface area (Å²) in [5.41, 5.74) is 4.08. The van der Waals surface area contributed by atoms with Gasteiger partial charge in [0.25, 0.3) is 11.6 Å². The average Bonchev–Trinajstić information content (AvgIpc) is 2.88. The average molecular weight is 451 g/mol. The van der Waals surface area contributed by atoms with Crippen LogP contribution in [0.5, 0.6) is 5.75 Å². The molecule has 34 heavy (non-hydrogen) atoms. The Morgan fingerprint density at radius 2 is 1.91 bits per heavy atom. The summed E-state index contributed by atoms with van der Waals surface area (Å²) < 4.78 is 6.02. The number of fused-ring (bicyclic) bond motifs is 1. The van der Waals surface area contributed by atoms with Crippen molar-refractivity contribution in [1.29, 1.82) is 5.26 Å². The number of hydrogen-bond acceptors (Lipinski definition) is 7. The van der Waals surface area contributed by atoms with Gasteiger partial charge in [-0.25, -0.2) is 10.4 Å². The molecule has 0 saturated heterocycles. The lowest BCUT2D eigenvalue weighted by atomic mass is 10.0. The van der Waals surface area contributed by atoms with Crippen molar-refractivity contribution in [2.45, 2.75) is 6.61 Å². The molecule has 0 saturated carbocycles. The van der Waals surface area contributed by atoms with E-state index < -0.39 is 10.8 Å². The van der Waals surface area contributed by atoms with Crippen LogP contribution in [0.25, 0.3) is 10.8 Å². The number of hydrazone groups is 1. The highest BCUT2D eigenvalue weighted by Gasteiger charge is 2.12. The number of carbonyl (C=O) groups is 1. The van der Waals surface area contributed by atoms with Crippen molar-refractivity contribution in [3.63, 3.8) is 0 Å². The quantitative estimate of drug-likeness (QED) is 0.252. The zero-order chi connectivity index (χ0) is 23.9. The van der Waals surface area contributed by atoms with Gasteiger partial charge >= 0.3 is 0 Å². The van der Waals surface area contributed by atoms with Crippen LogP contribution >= 0.6 is 0 Å². The summed E-state index contributed by atoms with van der Waals surface area (Å²) in [7, 11) is 0. The lowest BCUT2D eigenvalue weighted by Crippen LogP contribution is -2.19. The predicted octanol–water partition coefficient (Wildman–Crippen LogP) is 4.36. The molecule has 0 bridgehead atoms. The minimum atomic E-state index is -0.614. The molecule has 0 aliphatic rings. The number of nitrogens with zero attached hydrogens (tertiary/aromatic N) is 4. The van der Waals surface area contributed by atoms with E-state index in [1.165, 1.54) is 18.3 Å². The maximum absolute atomic E-state index is 12.3. The van der Waals surface area contributed by atoms with Gasteiger partial charge in [0.15, 0.2) is 0 Å². The van der Waals surface area contributed by atoms with E-state index in [0.717, 1.165) is 22.5 Å².